The third-order valence-corrected chi connectivity index (χ3v) is 3.28. The molecule has 20 heavy (non-hydrogen) atoms. The summed E-state index contributed by atoms with van der Waals surface area (Å²) in [7, 11) is 0. The molecule has 4 nitrogen and oxygen atoms in total. The van der Waals surface area contributed by atoms with Crippen molar-refractivity contribution >= 4 is 23.3 Å². The fraction of sp³-hybridized carbons (Fsp3) is 0.333. The van der Waals surface area contributed by atoms with E-state index in [9.17, 15) is 4.79 Å². The summed E-state index contributed by atoms with van der Waals surface area (Å²) in [5, 5.41) is 6.63. The van der Waals surface area contributed by atoms with Crippen LogP contribution in [0.25, 0.3) is 0 Å². The number of carbonyl (C=O) groups is 1. The second-order valence-corrected chi connectivity index (χ2v) is 5.03. The summed E-state index contributed by atoms with van der Waals surface area (Å²) >= 11 is 5.18. The van der Waals surface area contributed by atoms with E-state index < -0.39 is 0 Å². The molecule has 1 aliphatic heterocycles. The Hall–Kier alpha value is -1.88. The molecule has 0 saturated heterocycles. The van der Waals surface area contributed by atoms with Crippen LogP contribution in [-0.4, -0.2) is 17.7 Å². The number of ether oxygens (including phenoxy) is 1. The van der Waals surface area contributed by atoms with Gasteiger partial charge >= 0.3 is 5.97 Å². The van der Waals surface area contributed by atoms with Crippen LogP contribution in [-0.2, 0) is 9.53 Å². The van der Waals surface area contributed by atoms with Gasteiger partial charge in [0.05, 0.1) is 18.2 Å². The SMILES string of the molecule is CCCOC(=O)C1=C(C)NC(=S)NC1c1ccccc1. The van der Waals surface area contributed by atoms with E-state index in [4.69, 9.17) is 17.0 Å². The molecule has 1 heterocycles. The van der Waals surface area contributed by atoms with E-state index in [1.807, 2.05) is 44.2 Å². The highest BCUT2D eigenvalue weighted by Gasteiger charge is 2.30. The van der Waals surface area contributed by atoms with E-state index >= 15 is 0 Å². The van der Waals surface area contributed by atoms with Crippen molar-refractivity contribution in [2.75, 3.05) is 6.61 Å². The first-order valence-corrected chi connectivity index (χ1v) is 7.04. The highest BCUT2D eigenvalue weighted by atomic mass is 32.1. The zero-order valence-corrected chi connectivity index (χ0v) is 12.4. The molecule has 0 fully saturated rings. The van der Waals surface area contributed by atoms with Crippen molar-refractivity contribution in [1.82, 2.24) is 10.6 Å². The zero-order chi connectivity index (χ0) is 14.5. The predicted octanol–water partition coefficient (Wildman–Crippen LogP) is 2.43. The van der Waals surface area contributed by atoms with Crippen LogP contribution in [0.1, 0.15) is 31.9 Å². The number of rotatable bonds is 4. The van der Waals surface area contributed by atoms with Crippen molar-refractivity contribution in [3.05, 3.63) is 47.2 Å². The van der Waals surface area contributed by atoms with E-state index in [1.165, 1.54) is 0 Å². The van der Waals surface area contributed by atoms with Crippen molar-refractivity contribution in [2.24, 2.45) is 0 Å². The average Bonchev–Trinajstić information content (AvgIpc) is 2.45. The number of nitrogens with one attached hydrogen (secondary N) is 2. The third kappa shape index (κ3) is 3.17. The molecule has 1 aromatic carbocycles. The number of benzene rings is 1. The minimum absolute atomic E-state index is 0.269. The second-order valence-electron chi connectivity index (χ2n) is 4.62. The topological polar surface area (TPSA) is 50.4 Å². The Morgan fingerprint density at radius 1 is 1.35 bits per heavy atom. The molecule has 1 aliphatic rings. The van der Waals surface area contributed by atoms with Crippen LogP contribution in [0.3, 0.4) is 0 Å². The maximum absolute atomic E-state index is 12.3. The van der Waals surface area contributed by atoms with Gasteiger partial charge in [0, 0.05) is 5.70 Å². The lowest BCUT2D eigenvalue weighted by Gasteiger charge is -2.29. The fourth-order valence-electron chi connectivity index (χ4n) is 2.13. The molecule has 0 radical (unpaired) electrons. The Morgan fingerprint density at radius 2 is 2.05 bits per heavy atom. The van der Waals surface area contributed by atoms with Gasteiger partial charge in [-0.3, -0.25) is 0 Å². The van der Waals surface area contributed by atoms with Gasteiger partial charge in [0.1, 0.15) is 0 Å². The lowest BCUT2D eigenvalue weighted by Crippen LogP contribution is -2.45. The summed E-state index contributed by atoms with van der Waals surface area (Å²) in [6, 6.07) is 9.47. The molecular weight excluding hydrogens is 272 g/mol. The van der Waals surface area contributed by atoms with Crippen LogP contribution in [0.4, 0.5) is 0 Å². The van der Waals surface area contributed by atoms with Crippen molar-refractivity contribution in [3.63, 3.8) is 0 Å². The van der Waals surface area contributed by atoms with Gasteiger partial charge in [0.2, 0.25) is 0 Å². The van der Waals surface area contributed by atoms with E-state index in [-0.39, 0.29) is 12.0 Å². The molecule has 1 aromatic rings. The summed E-state index contributed by atoms with van der Waals surface area (Å²) < 4.78 is 5.27. The van der Waals surface area contributed by atoms with Crippen LogP contribution in [0.15, 0.2) is 41.6 Å². The maximum atomic E-state index is 12.3. The average molecular weight is 290 g/mol. The zero-order valence-electron chi connectivity index (χ0n) is 11.6. The number of allylic oxidation sites excluding steroid dienone is 1. The van der Waals surface area contributed by atoms with Gasteiger partial charge in [-0.25, -0.2) is 4.79 Å². The summed E-state index contributed by atoms with van der Waals surface area (Å²) in [6.07, 6.45) is 0.799. The first-order valence-electron chi connectivity index (χ1n) is 6.63. The van der Waals surface area contributed by atoms with Gasteiger partial charge in [-0.05, 0) is 31.1 Å². The standard InChI is InChI=1S/C15H18N2O2S/c1-3-9-19-14(18)12-10(2)16-15(20)17-13(12)11-7-5-4-6-8-11/h4-8,13H,3,9H2,1-2H3,(H2,16,17,20). The number of thiocarbonyl (C=S) groups is 1. The van der Waals surface area contributed by atoms with Crippen LogP contribution in [0.5, 0.6) is 0 Å². The monoisotopic (exact) mass is 290 g/mol. The number of hydrogen-bond donors (Lipinski definition) is 2. The Morgan fingerprint density at radius 3 is 2.70 bits per heavy atom. The highest BCUT2D eigenvalue weighted by molar-refractivity contribution is 7.80. The first-order chi connectivity index (χ1) is 9.63. The summed E-state index contributed by atoms with van der Waals surface area (Å²) in [6.45, 7) is 4.23. The van der Waals surface area contributed by atoms with Gasteiger partial charge in [0.25, 0.3) is 0 Å². The summed E-state index contributed by atoms with van der Waals surface area (Å²) in [5.41, 5.74) is 2.31. The summed E-state index contributed by atoms with van der Waals surface area (Å²) in [5.74, 6) is -0.305. The van der Waals surface area contributed by atoms with Crippen molar-refractivity contribution in [2.45, 2.75) is 26.3 Å². The lowest BCUT2D eigenvalue weighted by atomic mass is 9.96. The van der Waals surface area contributed by atoms with Gasteiger partial charge in [0.15, 0.2) is 5.11 Å². The molecule has 0 aromatic heterocycles. The van der Waals surface area contributed by atoms with Crippen molar-refractivity contribution in [3.8, 4) is 0 Å². The second kappa shape index (κ2) is 6.52. The molecule has 2 rings (SSSR count). The van der Waals surface area contributed by atoms with E-state index in [1.54, 1.807) is 0 Å². The normalized spacial score (nSPS) is 18.3. The molecule has 0 spiro atoms. The minimum atomic E-state index is -0.305. The lowest BCUT2D eigenvalue weighted by molar-refractivity contribution is -0.139. The number of hydrogen-bond acceptors (Lipinski definition) is 3. The Balaban J connectivity index is 2.34. The quantitative estimate of drug-likeness (QED) is 0.659. The highest BCUT2D eigenvalue weighted by Crippen LogP contribution is 2.27. The van der Waals surface area contributed by atoms with Crippen LogP contribution in [0.2, 0.25) is 0 Å². The van der Waals surface area contributed by atoms with E-state index in [0.29, 0.717) is 17.3 Å². The Kier molecular flexibility index (Phi) is 4.74. The van der Waals surface area contributed by atoms with Gasteiger partial charge in [-0.15, -0.1) is 0 Å². The maximum Gasteiger partial charge on any atom is 0.338 e. The van der Waals surface area contributed by atoms with Gasteiger partial charge in [-0.2, -0.15) is 0 Å². The van der Waals surface area contributed by atoms with E-state index in [2.05, 4.69) is 10.6 Å². The smallest absolute Gasteiger partial charge is 0.338 e. The summed E-state index contributed by atoms with van der Waals surface area (Å²) in [4.78, 5) is 12.3. The predicted molar refractivity (Wildman–Crippen MR) is 82.0 cm³/mol. The van der Waals surface area contributed by atoms with Crippen LogP contribution >= 0.6 is 12.2 Å². The van der Waals surface area contributed by atoms with Gasteiger partial charge in [-0.1, -0.05) is 37.3 Å². The number of carbonyl (C=O) groups excluding carboxylic acids is 1. The Labute approximate surface area is 124 Å². The molecule has 0 bridgehead atoms. The molecule has 1 atom stereocenters. The molecule has 2 N–H and O–H groups in total. The molecule has 5 heteroatoms. The fourth-order valence-corrected chi connectivity index (χ4v) is 2.40. The molecule has 0 aliphatic carbocycles. The third-order valence-electron chi connectivity index (χ3n) is 3.06. The van der Waals surface area contributed by atoms with Crippen LogP contribution in [0, 0.1) is 0 Å². The van der Waals surface area contributed by atoms with Gasteiger partial charge < -0.3 is 15.4 Å². The minimum Gasteiger partial charge on any atom is -0.462 e. The molecule has 106 valence electrons. The molecular formula is C15H18N2O2S. The molecule has 1 unspecified atom stereocenters. The van der Waals surface area contributed by atoms with E-state index in [0.717, 1.165) is 17.7 Å². The Bertz CT molecular complexity index is 540. The number of esters is 1. The largest absolute Gasteiger partial charge is 0.462 e. The molecule has 0 amide bonds. The van der Waals surface area contributed by atoms with Crippen LogP contribution < -0.4 is 10.6 Å². The van der Waals surface area contributed by atoms with Crippen molar-refractivity contribution in [1.29, 1.82) is 0 Å². The first kappa shape index (κ1) is 14.5. The molecule has 0 saturated carbocycles. The van der Waals surface area contributed by atoms with Crippen molar-refractivity contribution < 1.29 is 9.53 Å².